The number of likely N-dealkylation sites (tertiary alicyclic amines) is 1. The van der Waals surface area contributed by atoms with Crippen molar-refractivity contribution in [2.45, 2.75) is 18.8 Å². The lowest BCUT2D eigenvalue weighted by Crippen LogP contribution is -2.40. The molecule has 3 rings (SSSR count). The smallest absolute Gasteiger partial charge is 0.321 e. The third-order valence-corrected chi connectivity index (χ3v) is 4.87. The number of piperidine rings is 1. The molecule has 1 aromatic heterocycles. The zero-order valence-corrected chi connectivity index (χ0v) is 13.0. The summed E-state index contributed by atoms with van der Waals surface area (Å²) in [6.45, 7) is 1.54. The van der Waals surface area contributed by atoms with Gasteiger partial charge in [-0.1, -0.05) is 11.6 Å². The van der Waals surface area contributed by atoms with Crippen LogP contribution in [0.2, 0.25) is 5.02 Å². The van der Waals surface area contributed by atoms with E-state index in [4.69, 9.17) is 11.6 Å². The quantitative estimate of drug-likeness (QED) is 0.900. The van der Waals surface area contributed by atoms with Crippen molar-refractivity contribution in [3.8, 4) is 0 Å². The largest absolute Gasteiger partial charge is 0.324 e. The van der Waals surface area contributed by atoms with Gasteiger partial charge in [0.05, 0.1) is 5.01 Å². The number of anilines is 1. The highest BCUT2D eigenvalue weighted by atomic mass is 35.5. The highest BCUT2D eigenvalue weighted by molar-refractivity contribution is 7.09. The molecule has 2 aromatic rings. The van der Waals surface area contributed by atoms with Crippen LogP contribution in [0.1, 0.15) is 23.8 Å². The number of carbonyl (C=O) groups is 1. The molecule has 21 heavy (non-hydrogen) atoms. The molecule has 1 fully saturated rings. The number of aromatic nitrogens is 1. The van der Waals surface area contributed by atoms with Crippen LogP contribution in [0.4, 0.5) is 10.5 Å². The lowest BCUT2D eigenvalue weighted by atomic mass is 9.98. The molecule has 1 aliphatic heterocycles. The number of halogens is 1. The van der Waals surface area contributed by atoms with Gasteiger partial charge in [-0.15, -0.1) is 11.3 Å². The van der Waals surface area contributed by atoms with E-state index in [9.17, 15) is 4.79 Å². The predicted molar refractivity (Wildman–Crippen MR) is 86.1 cm³/mol. The molecule has 2 heterocycles. The molecule has 0 atom stereocenters. The summed E-state index contributed by atoms with van der Waals surface area (Å²) in [5, 5.41) is 6.76. The fraction of sp³-hybridized carbons (Fsp3) is 0.333. The van der Waals surface area contributed by atoms with Crippen molar-refractivity contribution >= 4 is 34.7 Å². The van der Waals surface area contributed by atoms with E-state index in [-0.39, 0.29) is 6.03 Å². The van der Waals surface area contributed by atoms with Gasteiger partial charge in [-0.2, -0.15) is 0 Å². The van der Waals surface area contributed by atoms with Crippen LogP contribution in [-0.2, 0) is 0 Å². The Morgan fingerprint density at radius 2 is 2.00 bits per heavy atom. The predicted octanol–water partition coefficient (Wildman–Crippen LogP) is 4.21. The van der Waals surface area contributed by atoms with Crippen LogP contribution in [0.25, 0.3) is 0 Å². The monoisotopic (exact) mass is 321 g/mol. The molecular weight excluding hydrogens is 306 g/mol. The van der Waals surface area contributed by atoms with Gasteiger partial charge in [0.2, 0.25) is 0 Å². The van der Waals surface area contributed by atoms with Crippen molar-refractivity contribution in [2.75, 3.05) is 18.4 Å². The maximum Gasteiger partial charge on any atom is 0.321 e. The Hall–Kier alpha value is -1.59. The molecule has 6 heteroatoms. The zero-order valence-electron chi connectivity index (χ0n) is 11.5. The van der Waals surface area contributed by atoms with E-state index < -0.39 is 0 Å². The number of amides is 2. The van der Waals surface area contributed by atoms with Crippen LogP contribution >= 0.6 is 22.9 Å². The summed E-state index contributed by atoms with van der Waals surface area (Å²) in [5.41, 5.74) is 0.770. The summed E-state index contributed by atoms with van der Waals surface area (Å²) in [6, 6.07) is 7.11. The maximum absolute atomic E-state index is 12.2. The summed E-state index contributed by atoms with van der Waals surface area (Å²) in [4.78, 5) is 18.4. The number of hydrogen-bond donors (Lipinski definition) is 1. The minimum atomic E-state index is -0.0464. The highest BCUT2D eigenvalue weighted by Gasteiger charge is 2.25. The number of thiazole rings is 1. The van der Waals surface area contributed by atoms with Gasteiger partial charge in [-0.25, -0.2) is 9.78 Å². The Labute approximate surface area is 132 Å². The minimum Gasteiger partial charge on any atom is -0.324 e. The number of nitrogens with one attached hydrogen (secondary N) is 1. The average molecular weight is 322 g/mol. The summed E-state index contributed by atoms with van der Waals surface area (Å²) in [5.74, 6) is 0.490. The fourth-order valence-electron chi connectivity index (χ4n) is 2.50. The average Bonchev–Trinajstić information content (AvgIpc) is 3.04. The molecule has 110 valence electrons. The third kappa shape index (κ3) is 3.54. The van der Waals surface area contributed by atoms with E-state index in [2.05, 4.69) is 10.3 Å². The Morgan fingerprint density at radius 3 is 2.62 bits per heavy atom. The van der Waals surface area contributed by atoms with Gasteiger partial charge in [0.25, 0.3) is 0 Å². The van der Waals surface area contributed by atoms with E-state index in [1.807, 2.05) is 28.6 Å². The summed E-state index contributed by atoms with van der Waals surface area (Å²) in [6.07, 6.45) is 3.79. The first kappa shape index (κ1) is 14.4. The number of rotatable bonds is 2. The lowest BCUT2D eigenvalue weighted by Gasteiger charge is -2.31. The first-order valence-electron chi connectivity index (χ1n) is 6.93. The Morgan fingerprint density at radius 1 is 1.29 bits per heavy atom. The van der Waals surface area contributed by atoms with Gasteiger partial charge >= 0.3 is 6.03 Å². The van der Waals surface area contributed by atoms with Gasteiger partial charge in [-0.05, 0) is 37.1 Å². The number of hydrogen-bond acceptors (Lipinski definition) is 3. The van der Waals surface area contributed by atoms with Crippen LogP contribution in [0, 0.1) is 0 Å². The Kier molecular flexibility index (Phi) is 4.41. The molecule has 0 aliphatic carbocycles. The van der Waals surface area contributed by atoms with Crippen molar-refractivity contribution in [3.05, 3.63) is 45.9 Å². The van der Waals surface area contributed by atoms with E-state index in [0.717, 1.165) is 31.6 Å². The number of nitrogens with zero attached hydrogens (tertiary/aromatic N) is 2. The molecule has 0 saturated carbocycles. The first-order chi connectivity index (χ1) is 10.2. The van der Waals surface area contributed by atoms with Crippen LogP contribution < -0.4 is 5.32 Å². The van der Waals surface area contributed by atoms with Crippen molar-refractivity contribution in [2.24, 2.45) is 0 Å². The van der Waals surface area contributed by atoms with Crippen molar-refractivity contribution in [1.29, 1.82) is 0 Å². The molecule has 0 unspecified atom stereocenters. The second-order valence-electron chi connectivity index (χ2n) is 5.07. The maximum atomic E-state index is 12.2. The first-order valence-corrected chi connectivity index (χ1v) is 8.19. The van der Waals surface area contributed by atoms with Crippen LogP contribution in [0.3, 0.4) is 0 Å². The van der Waals surface area contributed by atoms with Gasteiger partial charge in [0, 0.05) is 41.3 Å². The lowest BCUT2D eigenvalue weighted by molar-refractivity contribution is 0.194. The molecule has 1 aliphatic rings. The van der Waals surface area contributed by atoms with Crippen molar-refractivity contribution < 1.29 is 4.79 Å². The SMILES string of the molecule is O=C(Nc1ccc(Cl)cc1)N1CCC(c2nccs2)CC1. The van der Waals surface area contributed by atoms with Gasteiger partial charge in [0.15, 0.2) is 0 Å². The van der Waals surface area contributed by atoms with Crippen LogP contribution in [0.15, 0.2) is 35.8 Å². The van der Waals surface area contributed by atoms with Crippen molar-refractivity contribution in [1.82, 2.24) is 9.88 Å². The molecule has 0 spiro atoms. The number of carbonyl (C=O) groups excluding carboxylic acids is 1. The zero-order chi connectivity index (χ0) is 14.7. The number of benzene rings is 1. The molecule has 1 aromatic carbocycles. The molecular formula is C15H16ClN3OS. The molecule has 4 nitrogen and oxygen atoms in total. The summed E-state index contributed by atoms with van der Waals surface area (Å²) < 4.78 is 0. The second kappa shape index (κ2) is 6.45. The fourth-order valence-corrected chi connectivity index (χ4v) is 3.44. The summed E-state index contributed by atoms with van der Waals surface area (Å²) in [7, 11) is 0. The molecule has 1 N–H and O–H groups in total. The molecule has 1 saturated heterocycles. The molecule has 0 bridgehead atoms. The molecule has 2 amide bonds. The second-order valence-corrected chi connectivity index (χ2v) is 6.43. The minimum absolute atomic E-state index is 0.0464. The van der Waals surface area contributed by atoms with Crippen LogP contribution in [-0.4, -0.2) is 29.0 Å². The van der Waals surface area contributed by atoms with Crippen molar-refractivity contribution in [3.63, 3.8) is 0 Å². The van der Waals surface area contributed by atoms with Gasteiger partial charge < -0.3 is 10.2 Å². The third-order valence-electron chi connectivity index (χ3n) is 3.68. The summed E-state index contributed by atoms with van der Waals surface area (Å²) >= 11 is 7.53. The molecule has 0 radical (unpaired) electrons. The van der Waals surface area contributed by atoms with E-state index in [0.29, 0.717) is 10.9 Å². The van der Waals surface area contributed by atoms with Gasteiger partial charge in [-0.3, -0.25) is 0 Å². The van der Waals surface area contributed by atoms with Crippen LogP contribution in [0.5, 0.6) is 0 Å². The normalized spacial score (nSPS) is 16.0. The van der Waals surface area contributed by atoms with E-state index >= 15 is 0 Å². The van der Waals surface area contributed by atoms with Gasteiger partial charge in [0.1, 0.15) is 0 Å². The Balaban J connectivity index is 1.54. The topological polar surface area (TPSA) is 45.2 Å². The standard InChI is InChI=1S/C15H16ClN3OS/c16-12-1-3-13(4-2-12)18-15(20)19-8-5-11(6-9-19)14-17-7-10-21-14/h1-4,7,10-11H,5-6,8-9H2,(H,18,20). The number of urea groups is 1. The Bertz CT molecular complexity index is 592. The highest BCUT2D eigenvalue weighted by Crippen LogP contribution is 2.29. The van der Waals surface area contributed by atoms with E-state index in [1.165, 1.54) is 5.01 Å². The van der Waals surface area contributed by atoms with E-state index in [1.54, 1.807) is 23.5 Å².